The van der Waals surface area contributed by atoms with E-state index < -0.39 is 0 Å². The first-order valence-electron chi connectivity index (χ1n) is 10.2. The summed E-state index contributed by atoms with van der Waals surface area (Å²) in [5.41, 5.74) is 2.07. The molecular weight excluding hydrogens is 385 g/mol. The normalized spacial score (nSPS) is 16.1. The number of carbonyl (C=O) groups is 3. The maximum absolute atomic E-state index is 13.0. The van der Waals surface area contributed by atoms with Crippen LogP contribution in [0.5, 0.6) is 0 Å². The first kappa shape index (κ1) is 21.5. The number of piperidine rings is 1. The van der Waals surface area contributed by atoms with Crippen LogP contribution in [0.3, 0.4) is 0 Å². The molecule has 1 unspecified atom stereocenters. The van der Waals surface area contributed by atoms with Crippen molar-refractivity contribution in [1.82, 2.24) is 4.90 Å². The highest BCUT2D eigenvalue weighted by molar-refractivity contribution is 5.94. The zero-order valence-electron chi connectivity index (χ0n) is 17.0. The van der Waals surface area contributed by atoms with E-state index in [1.165, 1.54) is 12.1 Å². The van der Waals surface area contributed by atoms with E-state index in [9.17, 15) is 18.8 Å². The molecular formula is C23H26FN3O3. The van der Waals surface area contributed by atoms with Crippen LogP contribution in [0.2, 0.25) is 0 Å². The van der Waals surface area contributed by atoms with Crippen molar-refractivity contribution in [1.29, 1.82) is 0 Å². The van der Waals surface area contributed by atoms with Gasteiger partial charge in [0.1, 0.15) is 5.82 Å². The molecule has 3 amide bonds. The van der Waals surface area contributed by atoms with Crippen molar-refractivity contribution >= 4 is 29.1 Å². The summed E-state index contributed by atoms with van der Waals surface area (Å²) in [5.74, 6) is -0.869. The lowest BCUT2D eigenvalue weighted by atomic mass is 9.96. The van der Waals surface area contributed by atoms with Gasteiger partial charge in [0.05, 0.1) is 12.3 Å². The molecule has 1 fully saturated rings. The Morgan fingerprint density at radius 3 is 2.27 bits per heavy atom. The zero-order valence-corrected chi connectivity index (χ0v) is 17.0. The van der Waals surface area contributed by atoms with Crippen molar-refractivity contribution in [3.8, 4) is 0 Å². The van der Waals surface area contributed by atoms with Crippen molar-refractivity contribution in [2.45, 2.75) is 32.6 Å². The molecule has 0 saturated carbocycles. The largest absolute Gasteiger partial charge is 0.342 e. The number of benzene rings is 2. The number of halogens is 1. The summed E-state index contributed by atoms with van der Waals surface area (Å²) in [6.45, 7) is 2.77. The predicted octanol–water partition coefficient (Wildman–Crippen LogP) is 3.59. The summed E-state index contributed by atoms with van der Waals surface area (Å²) in [6, 6.07) is 12.8. The second-order valence-corrected chi connectivity index (χ2v) is 7.45. The average Bonchev–Trinajstić information content (AvgIpc) is 2.76. The first-order valence-corrected chi connectivity index (χ1v) is 10.2. The summed E-state index contributed by atoms with van der Waals surface area (Å²) in [5, 5.41) is 5.65. The number of anilines is 2. The van der Waals surface area contributed by atoms with Gasteiger partial charge in [0, 0.05) is 30.9 Å². The van der Waals surface area contributed by atoms with Crippen LogP contribution in [-0.2, 0) is 20.8 Å². The second kappa shape index (κ2) is 10.0. The lowest BCUT2D eigenvalue weighted by Crippen LogP contribution is -2.44. The maximum atomic E-state index is 13.0. The average molecular weight is 411 g/mol. The second-order valence-electron chi connectivity index (χ2n) is 7.45. The van der Waals surface area contributed by atoms with Gasteiger partial charge in [0.25, 0.3) is 0 Å². The van der Waals surface area contributed by atoms with Crippen LogP contribution in [0, 0.1) is 11.7 Å². The van der Waals surface area contributed by atoms with Crippen LogP contribution in [0.25, 0.3) is 0 Å². The molecule has 0 aliphatic carbocycles. The number of amides is 3. The number of rotatable bonds is 6. The molecule has 1 atom stereocenters. The van der Waals surface area contributed by atoms with E-state index in [-0.39, 0.29) is 35.9 Å². The molecule has 0 spiro atoms. The summed E-state index contributed by atoms with van der Waals surface area (Å²) < 4.78 is 13.0. The van der Waals surface area contributed by atoms with Crippen LogP contribution in [0.15, 0.2) is 48.5 Å². The molecule has 1 saturated heterocycles. The number of hydrogen-bond acceptors (Lipinski definition) is 3. The summed E-state index contributed by atoms with van der Waals surface area (Å²) in [7, 11) is 0. The highest BCUT2D eigenvalue weighted by Crippen LogP contribution is 2.21. The molecule has 0 bridgehead atoms. The van der Waals surface area contributed by atoms with E-state index in [0.29, 0.717) is 30.9 Å². The minimum absolute atomic E-state index is 0.0601. The molecule has 2 aromatic carbocycles. The highest BCUT2D eigenvalue weighted by atomic mass is 19.1. The molecule has 30 heavy (non-hydrogen) atoms. The minimum Gasteiger partial charge on any atom is -0.342 e. The molecule has 2 aromatic rings. The van der Waals surface area contributed by atoms with Crippen molar-refractivity contribution in [2.75, 3.05) is 23.7 Å². The first-order chi connectivity index (χ1) is 14.4. The fourth-order valence-electron chi connectivity index (χ4n) is 3.44. The van der Waals surface area contributed by atoms with Crippen molar-refractivity contribution in [3.05, 3.63) is 59.9 Å². The van der Waals surface area contributed by atoms with Crippen LogP contribution in [0.1, 0.15) is 31.7 Å². The van der Waals surface area contributed by atoms with Crippen molar-refractivity contribution < 1.29 is 18.8 Å². The monoisotopic (exact) mass is 411 g/mol. The summed E-state index contributed by atoms with van der Waals surface area (Å²) in [4.78, 5) is 38.4. The summed E-state index contributed by atoms with van der Waals surface area (Å²) >= 11 is 0. The van der Waals surface area contributed by atoms with Gasteiger partial charge in [-0.25, -0.2) is 4.39 Å². The fraction of sp³-hybridized carbons (Fsp3) is 0.348. The Bertz CT molecular complexity index is 897. The van der Waals surface area contributed by atoms with E-state index in [1.807, 2.05) is 0 Å². The van der Waals surface area contributed by atoms with Gasteiger partial charge in [-0.05, 0) is 54.8 Å². The number of nitrogens with one attached hydrogen (secondary N) is 2. The van der Waals surface area contributed by atoms with Crippen molar-refractivity contribution in [2.24, 2.45) is 5.92 Å². The van der Waals surface area contributed by atoms with Gasteiger partial charge in [-0.15, -0.1) is 0 Å². The van der Waals surface area contributed by atoms with E-state index in [0.717, 1.165) is 18.4 Å². The van der Waals surface area contributed by atoms with Gasteiger partial charge >= 0.3 is 0 Å². The third kappa shape index (κ3) is 5.89. The molecule has 1 aliphatic heterocycles. The molecule has 7 heteroatoms. The van der Waals surface area contributed by atoms with Gasteiger partial charge in [-0.1, -0.05) is 19.1 Å². The third-order valence-electron chi connectivity index (χ3n) is 5.17. The lowest BCUT2D eigenvalue weighted by molar-refractivity contribution is -0.134. The molecule has 6 nitrogen and oxygen atoms in total. The molecule has 2 N–H and O–H groups in total. The van der Waals surface area contributed by atoms with Crippen molar-refractivity contribution in [3.63, 3.8) is 0 Å². The van der Waals surface area contributed by atoms with E-state index in [1.54, 1.807) is 48.2 Å². The van der Waals surface area contributed by atoms with Gasteiger partial charge in [0.15, 0.2) is 0 Å². The smallest absolute Gasteiger partial charge is 0.229 e. The van der Waals surface area contributed by atoms with Gasteiger partial charge in [0.2, 0.25) is 17.7 Å². The standard InChI is InChI=1S/C23H26FN3O3/c1-2-21(28)25-19-9-11-20(12-10-19)26-23(30)17-4-3-13-27(15-17)22(29)14-16-5-7-18(24)8-6-16/h5-12,17H,2-4,13-15H2,1H3,(H,25,28)(H,26,30). The van der Waals surface area contributed by atoms with Crippen LogP contribution < -0.4 is 10.6 Å². The Morgan fingerprint density at radius 2 is 1.63 bits per heavy atom. The topological polar surface area (TPSA) is 78.5 Å². The molecule has 158 valence electrons. The Hall–Kier alpha value is -3.22. The van der Waals surface area contributed by atoms with Crippen LogP contribution in [0.4, 0.5) is 15.8 Å². The minimum atomic E-state index is -0.332. The quantitative estimate of drug-likeness (QED) is 0.762. The van der Waals surface area contributed by atoms with E-state index in [2.05, 4.69) is 10.6 Å². The third-order valence-corrected chi connectivity index (χ3v) is 5.17. The number of nitrogens with zero attached hydrogens (tertiary/aromatic N) is 1. The Kier molecular flexibility index (Phi) is 7.17. The number of hydrogen-bond donors (Lipinski definition) is 2. The maximum Gasteiger partial charge on any atom is 0.229 e. The molecule has 0 radical (unpaired) electrons. The summed E-state index contributed by atoms with van der Waals surface area (Å²) in [6.07, 6.45) is 2.07. The SMILES string of the molecule is CCC(=O)Nc1ccc(NC(=O)C2CCCN(C(=O)Cc3ccc(F)cc3)C2)cc1. The molecule has 1 aliphatic rings. The van der Waals surface area contributed by atoms with Gasteiger partial charge in [-0.2, -0.15) is 0 Å². The number of likely N-dealkylation sites (tertiary alicyclic amines) is 1. The Labute approximate surface area is 175 Å². The number of carbonyl (C=O) groups excluding carboxylic acids is 3. The van der Waals surface area contributed by atoms with Gasteiger partial charge in [-0.3, -0.25) is 14.4 Å². The van der Waals surface area contributed by atoms with Gasteiger partial charge < -0.3 is 15.5 Å². The fourth-order valence-corrected chi connectivity index (χ4v) is 3.44. The van der Waals surface area contributed by atoms with E-state index >= 15 is 0 Å². The lowest BCUT2D eigenvalue weighted by Gasteiger charge is -2.32. The molecule has 0 aromatic heterocycles. The zero-order chi connectivity index (χ0) is 21.5. The Morgan fingerprint density at radius 1 is 1.00 bits per heavy atom. The highest BCUT2D eigenvalue weighted by Gasteiger charge is 2.28. The van der Waals surface area contributed by atoms with Crippen LogP contribution >= 0.6 is 0 Å². The molecule has 1 heterocycles. The Balaban J connectivity index is 1.54. The molecule has 3 rings (SSSR count). The van der Waals surface area contributed by atoms with E-state index in [4.69, 9.17) is 0 Å². The van der Waals surface area contributed by atoms with Crippen LogP contribution in [-0.4, -0.2) is 35.7 Å². The predicted molar refractivity (Wildman–Crippen MR) is 113 cm³/mol.